The van der Waals surface area contributed by atoms with Crippen LogP contribution >= 0.6 is 0 Å². The van der Waals surface area contributed by atoms with E-state index in [0.29, 0.717) is 31.4 Å². The van der Waals surface area contributed by atoms with Crippen molar-refractivity contribution in [2.24, 2.45) is 11.7 Å². The molecule has 0 spiro atoms. The summed E-state index contributed by atoms with van der Waals surface area (Å²) in [5.41, 5.74) is 7.51. The maximum absolute atomic E-state index is 13.8. The molecule has 1 saturated heterocycles. The molecule has 5 atom stereocenters. The van der Waals surface area contributed by atoms with E-state index in [0.717, 1.165) is 5.56 Å². The summed E-state index contributed by atoms with van der Waals surface area (Å²) in [5.74, 6) is -5.26. The Morgan fingerprint density at radius 3 is 1.78 bits per heavy atom. The van der Waals surface area contributed by atoms with Crippen molar-refractivity contribution >= 4 is 35.6 Å². The zero-order valence-electron chi connectivity index (χ0n) is 26.1. The van der Waals surface area contributed by atoms with Gasteiger partial charge in [-0.1, -0.05) is 74.5 Å². The zero-order valence-corrected chi connectivity index (χ0v) is 26.1. The molecule has 0 saturated carbocycles. The van der Waals surface area contributed by atoms with Gasteiger partial charge in [-0.25, -0.2) is 4.79 Å². The molecule has 13 nitrogen and oxygen atoms in total. The second kappa shape index (κ2) is 17.1. The molecular weight excluding hydrogens is 594 g/mol. The average Bonchev–Trinajstić information content (AvgIpc) is 3.50. The van der Waals surface area contributed by atoms with Gasteiger partial charge in [0.25, 0.3) is 0 Å². The fraction of sp³-hybridized carbons (Fsp3) is 0.455. The van der Waals surface area contributed by atoms with Crippen LogP contribution in [0.25, 0.3) is 0 Å². The normalized spacial score (nSPS) is 17.0. The molecule has 1 aliphatic rings. The first-order valence-corrected chi connectivity index (χ1v) is 15.3. The van der Waals surface area contributed by atoms with Gasteiger partial charge in [-0.2, -0.15) is 0 Å². The number of carbonyl (C=O) groups excluding carboxylic acids is 4. The lowest BCUT2D eigenvalue weighted by molar-refractivity contribution is -0.147. The number of carbonyl (C=O) groups is 6. The molecule has 0 bridgehead atoms. The number of amides is 4. The molecule has 0 aromatic heterocycles. The van der Waals surface area contributed by atoms with Gasteiger partial charge in [0.1, 0.15) is 24.2 Å². The molecule has 0 radical (unpaired) electrons. The highest BCUT2D eigenvalue weighted by molar-refractivity contribution is 5.96. The van der Waals surface area contributed by atoms with Crippen molar-refractivity contribution in [2.45, 2.75) is 82.6 Å². The molecule has 2 aromatic rings. The third-order valence-electron chi connectivity index (χ3n) is 7.71. The van der Waals surface area contributed by atoms with E-state index in [1.807, 2.05) is 13.8 Å². The van der Waals surface area contributed by atoms with Gasteiger partial charge in [0.2, 0.25) is 23.6 Å². The molecule has 1 fully saturated rings. The van der Waals surface area contributed by atoms with Crippen LogP contribution in [0.2, 0.25) is 0 Å². The predicted octanol–water partition coefficient (Wildman–Crippen LogP) is 0.850. The molecule has 1 aliphatic heterocycles. The summed E-state index contributed by atoms with van der Waals surface area (Å²) in [6.07, 6.45) is 0.601. The number of nitrogens with zero attached hydrogens (tertiary/aromatic N) is 1. The van der Waals surface area contributed by atoms with Crippen molar-refractivity contribution in [3.63, 3.8) is 0 Å². The SMILES string of the molecule is CC(C)C[C@@H](N)C(=O)N1CCC[C@@H]1C(=O)N[C@H](Cc1ccccc1)C(=O)N[C@H](Cc1ccccc1)C(=O)N[C@H](CC(=O)O)C(=O)O. The molecule has 46 heavy (non-hydrogen) atoms. The minimum atomic E-state index is -1.73. The molecule has 7 N–H and O–H groups in total. The highest BCUT2D eigenvalue weighted by Gasteiger charge is 2.38. The Bertz CT molecular complexity index is 1370. The van der Waals surface area contributed by atoms with E-state index in [4.69, 9.17) is 10.8 Å². The first kappa shape index (κ1) is 35.7. The van der Waals surface area contributed by atoms with E-state index in [2.05, 4.69) is 16.0 Å². The maximum atomic E-state index is 13.8. The van der Waals surface area contributed by atoms with Crippen LogP contribution in [0.4, 0.5) is 0 Å². The summed E-state index contributed by atoms with van der Waals surface area (Å²) in [4.78, 5) is 78.2. The van der Waals surface area contributed by atoms with Gasteiger partial charge in [0, 0.05) is 19.4 Å². The van der Waals surface area contributed by atoms with Crippen LogP contribution in [0, 0.1) is 5.92 Å². The van der Waals surface area contributed by atoms with Gasteiger partial charge in [-0.15, -0.1) is 0 Å². The maximum Gasteiger partial charge on any atom is 0.326 e. The van der Waals surface area contributed by atoms with Crippen LogP contribution in [-0.4, -0.2) is 87.4 Å². The number of rotatable bonds is 16. The Labute approximate surface area is 267 Å². The van der Waals surface area contributed by atoms with Gasteiger partial charge in [-0.3, -0.25) is 24.0 Å². The van der Waals surface area contributed by atoms with Crippen molar-refractivity contribution in [3.05, 3.63) is 71.8 Å². The van der Waals surface area contributed by atoms with Crippen LogP contribution in [-0.2, 0) is 41.6 Å². The first-order valence-electron chi connectivity index (χ1n) is 15.3. The van der Waals surface area contributed by atoms with Crippen molar-refractivity contribution in [1.82, 2.24) is 20.9 Å². The predicted molar refractivity (Wildman–Crippen MR) is 168 cm³/mol. The van der Waals surface area contributed by atoms with Crippen LogP contribution in [0.15, 0.2) is 60.7 Å². The average molecular weight is 638 g/mol. The zero-order chi connectivity index (χ0) is 33.8. The minimum Gasteiger partial charge on any atom is -0.481 e. The lowest BCUT2D eigenvalue weighted by Crippen LogP contribution is -2.59. The van der Waals surface area contributed by atoms with Crippen molar-refractivity contribution in [1.29, 1.82) is 0 Å². The Hall–Kier alpha value is -4.78. The molecule has 0 aliphatic carbocycles. The third-order valence-corrected chi connectivity index (χ3v) is 7.71. The number of nitrogens with one attached hydrogen (secondary N) is 3. The van der Waals surface area contributed by atoms with Crippen molar-refractivity contribution < 1.29 is 39.0 Å². The Morgan fingerprint density at radius 2 is 1.30 bits per heavy atom. The summed E-state index contributed by atoms with van der Waals surface area (Å²) in [5, 5.41) is 26.2. The van der Waals surface area contributed by atoms with Crippen LogP contribution in [0.3, 0.4) is 0 Å². The quantitative estimate of drug-likeness (QED) is 0.154. The highest BCUT2D eigenvalue weighted by atomic mass is 16.4. The largest absolute Gasteiger partial charge is 0.481 e. The van der Waals surface area contributed by atoms with E-state index in [9.17, 15) is 33.9 Å². The molecule has 2 aromatic carbocycles. The third kappa shape index (κ3) is 10.7. The Kier molecular flexibility index (Phi) is 13.2. The summed E-state index contributed by atoms with van der Waals surface area (Å²) >= 11 is 0. The summed E-state index contributed by atoms with van der Waals surface area (Å²) < 4.78 is 0. The topological polar surface area (TPSA) is 208 Å². The van der Waals surface area contributed by atoms with Gasteiger partial charge in [-0.05, 0) is 36.3 Å². The molecule has 0 unspecified atom stereocenters. The van der Waals surface area contributed by atoms with Gasteiger partial charge < -0.3 is 36.8 Å². The summed E-state index contributed by atoms with van der Waals surface area (Å²) in [7, 11) is 0. The molecule has 3 rings (SSSR count). The van der Waals surface area contributed by atoms with E-state index in [-0.39, 0.29) is 24.7 Å². The van der Waals surface area contributed by atoms with E-state index in [1.54, 1.807) is 60.7 Å². The minimum absolute atomic E-state index is 0.0392. The smallest absolute Gasteiger partial charge is 0.326 e. The number of nitrogens with two attached hydrogens (primary N) is 1. The first-order chi connectivity index (χ1) is 21.8. The number of aliphatic carboxylic acids is 2. The van der Waals surface area contributed by atoms with Crippen molar-refractivity contribution in [3.8, 4) is 0 Å². The van der Waals surface area contributed by atoms with Crippen molar-refractivity contribution in [2.75, 3.05) is 6.54 Å². The van der Waals surface area contributed by atoms with E-state index < -0.39 is 66.3 Å². The lowest BCUT2D eigenvalue weighted by atomic mass is 10.0. The van der Waals surface area contributed by atoms with Gasteiger partial charge in [0.05, 0.1) is 12.5 Å². The van der Waals surface area contributed by atoms with E-state index >= 15 is 0 Å². The molecule has 4 amide bonds. The number of hydrogen-bond donors (Lipinski definition) is 6. The second-order valence-electron chi connectivity index (χ2n) is 11.9. The second-order valence-corrected chi connectivity index (χ2v) is 11.9. The fourth-order valence-electron chi connectivity index (χ4n) is 5.43. The standard InChI is InChI=1S/C33H43N5O8/c1-20(2)16-23(34)32(44)38-15-9-14-27(38)31(43)36-25(18-22-12-7-4-8-13-22)29(41)35-24(17-21-10-5-3-6-11-21)30(42)37-26(33(45)46)19-28(39)40/h3-8,10-13,20,23-27H,9,14-19,34H2,1-2H3,(H,35,41)(H,36,43)(H,37,42)(H,39,40)(H,45,46)/t23-,24-,25-,26-,27-/m1/s1. The van der Waals surface area contributed by atoms with Crippen LogP contribution in [0.1, 0.15) is 50.7 Å². The molecule has 248 valence electrons. The van der Waals surface area contributed by atoms with Gasteiger partial charge >= 0.3 is 11.9 Å². The lowest BCUT2D eigenvalue weighted by Gasteiger charge is -2.29. The monoisotopic (exact) mass is 637 g/mol. The number of carboxylic acid groups (broad SMARTS) is 2. The highest BCUT2D eigenvalue weighted by Crippen LogP contribution is 2.20. The van der Waals surface area contributed by atoms with E-state index in [1.165, 1.54) is 4.90 Å². The van der Waals surface area contributed by atoms with Crippen LogP contribution < -0.4 is 21.7 Å². The molecular formula is C33H43N5O8. The number of carboxylic acids is 2. The summed E-state index contributed by atoms with van der Waals surface area (Å²) in [6, 6.07) is 11.8. The molecule has 1 heterocycles. The van der Waals surface area contributed by atoms with Crippen LogP contribution in [0.5, 0.6) is 0 Å². The Morgan fingerprint density at radius 1 is 0.804 bits per heavy atom. The number of benzene rings is 2. The van der Waals surface area contributed by atoms with Gasteiger partial charge in [0.15, 0.2) is 0 Å². The summed E-state index contributed by atoms with van der Waals surface area (Å²) in [6.45, 7) is 4.26. The Balaban J connectivity index is 1.85. The number of likely N-dealkylation sites (tertiary alicyclic amines) is 1. The molecule has 13 heteroatoms. The number of hydrogen-bond acceptors (Lipinski definition) is 7. The fourth-order valence-corrected chi connectivity index (χ4v) is 5.43.